The second kappa shape index (κ2) is 5.40. The number of halogens is 3. The third-order valence-electron chi connectivity index (χ3n) is 3.01. The lowest BCUT2D eigenvalue weighted by atomic mass is 10.1. The molecule has 1 heterocycles. The number of pyridine rings is 1. The number of nitrogens with zero attached hydrogens (tertiary/aromatic N) is 1. The standard InChI is InChI=1S/C14H14F3N3/c1-7-3-4-9(5-10(7)15)8(2)19-14-12(17)6-11(16)13(18)20-14/h3-6,8H,1-2H3,(H3,18,19,20). The van der Waals surface area contributed by atoms with E-state index in [0.717, 1.165) is 0 Å². The molecule has 2 aromatic rings. The van der Waals surface area contributed by atoms with E-state index < -0.39 is 23.5 Å². The van der Waals surface area contributed by atoms with Gasteiger partial charge in [0.2, 0.25) is 0 Å². The van der Waals surface area contributed by atoms with Crippen LogP contribution in [0.15, 0.2) is 24.3 Å². The third-order valence-corrected chi connectivity index (χ3v) is 3.01. The molecule has 3 nitrogen and oxygen atoms in total. The number of nitrogens with two attached hydrogens (primary N) is 1. The Morgan fingerprint density at radius 3 is 2.45 bits per heavy atom. The molecule has 0 amide bonds. The number of nitrogen functional groups attached to an aromatic ring is 1. The summed E-state index contributed by atoms with van der Waals surface area (Å²) in [5, 5.41) is 2.74. The third kappa shape index (κ3) is 2.84. The van der Waals surface area contributed by atoms with Crippen LogP contribution in [0.4, 0.5) is 24.8 Å². The molecule has 106 valence electrons. The number of nitrogens with one attached hydrogen (secondary N) is 1. The highest BCUT2D eigenvalue weighted by Crippen LogP contribution is 2.23. The Morgan fingerprint density at radius 2 is 1.80 bits per heavy atom. The number of hydrogen-bond acceptors (Lipinski definition) is 3. The Hall–Kier alpha value is -2.24. The second-order valence-electron chi connectivity index (χ2n) is 4.56. The van der Waals surface area contributed by atoms with Crippen molar-refractivity contribution in [1.82, 2.24) is 4.98 Å². The number of aromatic nitrogens is 1. The first-order chi connectivity index (χ1) is 9.38. The quantitative estimate of drug-likeness (QED) is 0.904. The first kappa shape index (κ1) is 14.2. The van der Waals surface area contributed by atoms with Crippen molar-refractivity contribution in [3.8, 4) is 0 Å². The van der Waals surface area contributed by atoms with Gasteiger partial charge in [0, 0.05) is 6.07 Å². The van der Waals surface area contributed by atoms with E-state index in [1.807, 2.05) is 0 Å². The van der Waals surface area contributed by atoms with E-state index in [4.69, 9.17) is 5.73 Å². The van der Waals surface area contributed by atoms with Gasteiger partial charge in [-0.25, -0.2) is 18.2 Å². The zero-order valence-electron chi connectivity index (χ0n) is 11.0. The van der Waals surface area contributed by atoms with Crippen molar-refractivity contribution in [2.75, 3.05) is 11.1 Å². The minimum atomic E-state index is -0.915. The van der Waals surface area contributed by atoms with Crippen molar-refractivity contribution in [3.63, 3.8) is 0 Å². The van der Waals surface area contributed by atoms with E-state index >= 15 is 0 Å². The van der Waals surface area contributed by atoms with E-state index in [1.165, 1.54) is 6.07 Å². The predicted octanol–water partition coefficient (Wildman–Crippen LogP) is 3.56. The van der Waals surface area contributed by atoms with Crippen LogP contribution in [0.1, 0.15) is 24.1 Å². The zero-order valence-corrected chi connectivity index (χ0v) is 11.0. The summed E-state index contributed by atoms with van der Waals surface area (Å²) in [6.07, 6.45) is 0. The number of anilines is 2. The Kier molecular flexibility index (Phi) is 3.83. The molecule has 6 heteroatoms. The lowest BCUT2D eigenvalue weighted by molar-refractivity contribution is 0.577. The molecule has 0 radical (unpaired) electrons. The van der Waals surface area contributed by atoms with E-state index in [2.05, 4.69) is 10.3 Å². The van der Waals surface area contributed by atoms with Crippen molar-refractivity contribution in [2.24, 2.45) is 0 Å². The van der Waals surface area contributed by atoms with Crippen LogP contribution in [0.2, 0.25) is 0 Å². The van der Waals surface area contributed by atoms with Gasteiger partial charge in [0.25, 0.3) is 0 Å². The average molecular weight is 281 g/mol. The van der Waals surface area contributed by atoms with E-state index in [0.29, 0.717) is 17.2 Å². The zero-order chi connectivity index (χ0) is 14.9. The van der Waals surface area contributed by atoms with Crippen LogP contribution in [0.5, 0.6) is 0 Å². The Bertz CT molecular complexity index is 644. The first-order valence-electron chi connectivity index (χ1n) is 6.02. The first-order valence-corrected chi connectivity index (χ1v) is 6.02. The van der Waals surface area contributed by atoms with Gasteiger partial charge in [0.15, 0.2) is 23.3 Å². The van der Waals surface area contributed by atoms with Gasteiger partial charge < -0.3 is 11.1 Å². The normalized spacial score (nSPS) is 12.2. The van der Waals surface area contributed by atoms with Gasteiger partial charge in [0.1, 0.15) is 5.82 Å². The second-order valence-corrected chi connectivity index (χ2v) is 4.56. The Morgan fingerprint density at radius 1 is 1.10 bits per heavy atom. The largest absolute Gasteiger partial charge is 0.381 e. The highest BCUT2D eigenvalue weighted by molar-refractivity contribution is 5.46. The maximum atomic E-state index is 13.6. The maximum absolute atomic E-state index is 13.6. The Labute approximate surface area is 114 Å². The van der Waals surface area contributed by atoms with E-state index in [9.17, 15) is 13.2 Å². The van der Waals surface area contributed by atoms with E-state index in [-0.39, 0.29) is 11.6 Å². The summed E-state index contributed by atoms with van der Waals surface area (Å²) in [5.74, 6) is -2.67. The molecule has 0 saturated carbocycles. The summed E-state index contributed by atoms with van der Waals surface area (Å²) in [6, 6.07) is 4.97. The van der Waals surface area contributed by atoms with Crippen molar-refractivity contribution in [2.45, 2.75) is 19.9 Å². The molecule has 3 N–H and O–H groups in total. The molecule has 1 aromatic carbocycles. The summed E-state index contributed by atoms with van der Waals surface area (Å²) >= 11 is 0. The topological polar surface area (TPSA) is 50.9 Å². The SMILES string of the molecule is Cc1ccc(C(C)Nc2nc(N)c(F)cc2F)cc1F. The summed E-state index contributed by atoms with van der Waals surface area (Å²) in [5.41, 5.74) is 6.44. The summed E-state index contributed by atoms with van der Waals surface area (Å²) < 4.78 is 40.1. The fourth-order valence-electron chi connectivity index (χ4n) is 1.75. The highest BCUT2D eigenvalue weighted by atomic mass is 19.1. The van der Waals surface area contributed by atoms with Crippen LogP contribution in [0.3, 0.4) is 0 Å². The fourth-order valence-corrected chi connectivity index (χ4v) is 1.75. The average Bonchev–Trinajstić information content (AvgIpc) is 2.39. The maximum Gasteiger partial charge on any atom is 0.168 e. The molecule has 0 aliphatic heterocycles. The molecular weight excluding hydrogens is 267 g/mol. The summed E-state index contributed by atoms with van der Waals surface area (Å²) in [6.45, 7) is 3.36. The van der Waals surface area contributed by atoms with Crippen molar-refractivity contribution < 1.29 is 13.2 Å². The van der Waals surface area contributed by atoms with Crippen LogP contribution in [-0.4, -0.2) is 4.98 Å². The molecule has 1 atom stereocenters. The van der Waals surface area contributed by atoms with Crippen molar-refractivity contribution in [3.05, 3.63) is 52.8 Å². The smallest absolute Gasteiger partial charge is 0.168 e. The van der Waals surface area contributed by atoms with Crippen LogP contribution < -0.4 is 11.1 Å². The number of hydrogen-bond donors (Lipinski definition) is 2. The minimum Gasteiger partial charge on any atom is -0.381 e. The van der Waals surface area contributed by atoms with Gasteiger partial charge in [0.05, 0.1) is 6.04 Å². The molecule has 0 bridgehead atoms. The van der Waals surface area contributed by atoms with Gasteiger partial charge in [-0.05, 0) is 31.0 Å². The van der Waals surface area contributed by atoms with Crippen LogP contribution in [-0.2, 0) is 0 Å². The highest BCUT2D eigenvalue weighted by Gasteiger charge is 2.14. The molecular formula is C14H14F3N3. The summed E-state index contributed by atoms with van der Waals surface area (Å²) in [4.78, 5) is 3.60. The van der Waals surface area contributed by atoms with Crippen molar-refractivity contribution in [1.29, 1.82) is 0 Å². The lowest BCUT2D eigenvalue weighted by Gasteiger charge is -2.16. The molecule has 1 aromatic heterocycles. The van der Waals surface area contributed by atoms with E-state index in [1.54, 1.807) is 26.0 Å². The van der Waals surface area contributed by atoms with Gasteiger partial charge in [-0.3, -0.25) is 0 Å². The monoisotopic (exact) mass is 281 g/mol. The number of benzene rings is 1. The molecule has 0 fully saturated rings. The van der Waals surface area contributed by atoms with Crippen molar-refractivity contribution >= 4 is 11.6 Å². The van der Waals surface area contributed by atoms with Gasteiger partial charge in [-0.1, -0.05) is 12.1 Å². The number of rotatable bonds is 3. The Balaban J connectivity index is 2.25. The van der Waals surface area contributed by atoms with Crippen LogP contribution in [0.25, 0.3) is 0 Å². The molecule has 0 aliphatic carbocycles. The molecule has 20 heavy (non-hydrogen) atoms. The van der Waals surface area contributed by atoms with Crippen LogP contribution in [0, 0.1) is 24.4 Å². The predicted molar refractivity (Wildman–Crippen MR) is 71.7 cm³/mol. The van der Waals surface area contributed by atoms with Gasteiger partial charge in [-0.15, -0.1) is 0 Å². The molecule has 0 spiro atoms. The number of aryl methyl sites for hydroxylation is 1. The van der Waals surface area contributed by atoms with Crippen LogP contribution >= 0.6 is 0 Å². The molecule has 0 saturated heterocycles. The fraction of sp³-hybridized carbons (Fsp3) is 0.214. The summed E-state index contributed by atoms with van der Waals surface area (Å²) in [7, 11) is 0. The lowest BCUT2D eigenvalue weighted by Crippen LogP contribution is -2.11. The molecule has 0 aliphatic rings. The van der Waals surface area contributed by atoms with Gasteiger partial charge >= 0.3 is 0 Å². The minimum absolute atomic E-state index is 0.169. The van der Waals surface area contributed by atoms with Gasteiger partial charge in [-0.2, -0.15) is 0 Å². The molecule has 1 unspecified atom stereocenters. The molecule has 2 rings (SSSR count).